The predicted octanol–water partition coefficient (Wildman–Crippen LogP) is 1.18. The van der Waals surface area contributed by atoms with Crippen molar-refractivity contribution in [3.63, 3.8) is 0 Å². The molecule has 0 radical (unpaired) electrons. The molecule has 4 heteroatoms. The zero-order chi connectivity index (χ0) is 12.6. The SMILES string of the molecule is CNN1CCC2(CCC(=O)NC2)c2ccccc21. The minimum absolute atomic E-state index is 0.137. The molecule has 18 heavy (non-hydrogen) atoms. The van der Waals surface area contributed by atoms with E-state index in [4.69, 9.17) is 0 Å². The van der Waals surface area contributed by atoms with Crippen LogP contribution in [-0.4, -0.2) is 26.0 Å². The first-order valence-corrected chi connectivity index (χ1v) is 6.56. The number of rotatable bonds is 1. The van der Waals surface area contributed by atoms with Gasteiger partial charge in [-0.25, -0.2) is 5.43 Å². The summed E-state index contributed by atoms with van der Waals surface area (Å²) in [6.45, 7) is 1.77. The fourth-order valence-electron chi connectivity index (χ4n) is 3.21. The van der Waals surface area contributed by atoms with E-state index in [1.165, 1.54) is 11.3 Å². The summed E-state index contributed by atoms with van der Waals surface area (Å²) in [5.41, 5.74) is 5.99. The van der Waals surface area contributed by atoms with Gasteiger partial charge in [-0.05, 0) is 24.5 Å². The number of carbonyl (C=O) groups is 1. The zero-order valence-electron chi connectivity index (χ0n) is 10.7. The first-order chi connectivity index (χ1) is 8.75. The summed E-state index contributed by atoms with van der Waals surface area (Å²) in [5, 5.41) is 5.23. The van der Waals surface area contributed by atoms with Gasteiger partial charge in [0.1, 0.15) is 0 Å². The van der Waals surface area contributed by atoms with E-state index in [2.05, 4.69) is 40.0 Å². The van der Waals surface area contributed by atoms with Gasteiger partial charge in [-0.2, -0.15) is 0 Å². The topological polar surface area (TPSA) is 44.4 Å². The average Bonchev–Trinajstić information content (AvgIpc) is 2.43. The number of hydrazine groups is 1. The number of amides is 1. The number of anilines is 1. The Morgan fingerprint density at radius 1 is 1.33 bits per heavy atom. The summed E-state index contributed by atoms with van der Waals surface area (Å²) in [6.07, 6.45) is 2.70. The Bertz CT molecular complexity index is 462. The largest absolute Gasteiger partial charge is 0.355 e. The van der Waals surface area contributed by atoms with Crippen molar-refractivity contribution in [3.05, 3.63) is 29.8 Å². The second-order valence-corrected chi connectivity index (χ2v) is 5.20. The van der Waals surface area contributed by atoms with Crippen molar-refractivity contribution in [2.45, 2.75) is 24.7 Å². The standard InChI is InChI=1S/C14H19N3O/c1-15-17-9-8-14(7-6-13(18)16-10-14)11-4-2-3-5-12(11)17/h2-5,15H,6-10H2,1H3,(H,16,18). The first kappa shape index (κ1) is 11.5. The highest BCUT2D eigenvalue weighted by Gasteiger charge is 2.41. The van der Waals surface area contributed by atoms with Gasteiger partial charge in [0.05, 0.1) is 5.69 Å². The lowest BCUT2D eigenvalue weighted by Crippen LogP contribution is -2.52. The van der Waals surface area contributed by atoms with Crippen molar-refractivity contribution >= 4 is 11.6 Å². The van der Waals surface area contributed by atoms with E-state index in [1.54, 1.807) is 0 Å². The van der Waals surface area contributed by atoms with E-state index in [-0.39, 0.29) is 11.3 Å². The van der Waals surface area contributed by atoms with Crippen molar-refractivity contribution in [1.82, 2.24) is 10.7 Å². The fourth-order valence-corrected chi connectivity index (χ4v) is 3.21. The van der Waals surface area contributed by atoms with Crippen LogP contribution in [0.1, 0.15) is 24.8 Å². The van der Waals surface area contributed by atoms with E-state index in [0.29, 0.717) is 6.42 Å². The third kappa shape index (κ3) is 1.68. The minimum Gasteiger partial charge on any atom is -0.355 e. The Kier molecular flexibility index (Phi) is 2.74. The van der Waals surface area contributed by atoms with Crippen LogP contribution in [0.25, 0.3) is 0 Å². The highest BCUT2D eigenvalue weighted by atomic mass is 16.1. The molecule has 1 spiro atoms. The van der Waals surface area contributed by atoms with E-state index in [9.17, 15) is 4.79 Å². The molecule has 0 aromatic heterocycles. The molecule has 3 rings (SSSR count). The molecular weight excluding hydrogens is 226 g/mol. The maximum atomic E-state index is 11.4. The summed E-state index contributed by atoms with van der Waals surface area (Å²) >= 11 is 0. The Labute approximate surface area is 107 Å². The van der Waals surface area contributed by atoms with Gasteiger partial charge in [-0.1, -0.05) is 18.2 Å². The van der Waals surface area contributed by atoms with Crippen molar-refractivity contribution in [2.24, 2.45) is 0 Å². The van der Waals surface area contributed by atoms with Crippen LogP contribution in [0.15, 0.2) is 24.3 Å². The van der Waals surface area contributed by atoms with Crippen LogP contribution in [0.3, 0.4) is 0 Å². The number of hydrogen-bond donors (Lipinski definition) is 2. The van der Waals surface area contributed by atoms with Crippen LogP contribution in [0.4, 0.5) is 5.69 Å². The number of piperidine rings is 1. The van der Waals surface area contributed by atoms with Crippen LogP contribution in [0.5, 0.6) is 0 Å². The third-order valence-corrected chi connectivity index (χ3v) is 4.30. The van der Waals surface area contributed by atoms with Gasteiger partial charge >= 0.3 is 0 Å². The van der Waals surface area contributed by atoms with E-state index < -0.39 is 0 Å². The number of nitrogens with one attached hydrogen (secondary N) is 2. The first-order valence-electron chi connectivity index (χ1n) is 6.56. The monoisotopic (exact) mass is 245 g/mol. The van der Waals surface area contributed by atoms with Gasteiger partial charge in [-0.15, -0.1) is 0 Å². The van der Waals surface area contributed by atoms with Crippen LogP contribution < -0.4 is 15.8 Å². The van der Waals surface area contributed by atoms with E-state index in [1.807, 2.05) is 7.05 Å². The van der Waals surface area contributed by atoms with Crippen molar-refractivity contribution < 1.29 is 4.79 Å². The van der Waals surface area contributed by atoms with Gasteiger partial charge in [-0.3, -0.25) is 4.79 Å². The molecule has 2 aliphatic rings. The van der Waals surface area contributed by atoms with Gasteiger partial charge in [0.2, 0.25) is 5.91 Å². The molecule has 0 bridgehead atoms. The average molecular weight is 245 g/mol. The third-order valence-electron chi connectivity index (χ3n) is 4.30. The molecule has 1 unspecified atom stereocenters. The Morgan fingerprint density at radius 3 is 2.89 bits per heavy atom. The lowest BCUT2D eigenvalue weighted by atomic mass is 9.70. The Hall–Kier alpha value is -1.55. The molecule has 0 aliphatic carbocycles. The highest BCUT2D eigenvalue weighted by Crippen LogP contribution is 2.43. The number of nitrogens with zero attached hydrogens (tertiary/aromatic N) is 1. The molecular formula is C14H19N3O. The summed E-state index contributed by atoms with van der Waals surface area (Å²) < 4.78 is 0. The summed E-state index contributed by atoms with van der Waals surface area (Å²) in [7, 11) is 1.96. The Morgan fingerprint density at radius 2 is 2.17 bits per heavy atom. The molecule has 96 valence electrons. The van der Waals surface area contributed by atoms with E-state index in [0.717, 1.165) is 25.9 Å². The summed E-state index contributed by atoms with van der Waals surface area (Å²) in [6, 6.07) is 8.53. The smallest absolute Gasteiger partial charge is 0.220 e. The molecule has 1 fully saturated rings. The second-order valence-electron chi connectivity index (χ2n) is 5.20. The maximum absolute atomic E-state index is 11.4. The highest BCUT2D eigenvalue weighted by molar-refractivity contribution is 5.77. The lowest BCUT2D eigenvalue weighted by Gasteiger charge is -2.45. The second kappa shape index (κ2) is 4.28. The number of benzene rings is 1. The van der Waals surface area contributed by atoms with Crippen LogP contribution >= 0.6 is 0 Å². The number of para-hydroxylation sites is 1. The quantitative estimate of drug-likeness (QED) is 0.781. The molecule has 1 aromatic rings. The molecule has 1 saturated heterocycles. The van der Waals surface area contributed by atoms with Crippen LogP contribution in [-0.2, 0) is 10.2 Å². The molecule has 2 aliphatic heterocycles. The van der Waals surface area contributed by atoms with E-state index >= 15 is 0 Å². The minimum atomic E-state index is 0.137. The fraction of sp³-hybridized carbons (Fsp3) is 0.500. The molecule has 1 aromatic carbocycles. The van der Waals surface area contributed by atoms with Crippen molar-refractivity contribution in [1.29, 1.82) is 0 Å². The molecule has 4 nitrogen and oxygen atoms in total. The molecule has 2 N–H and O–H groups in total. The number of hydrogen-bond acceptors (Lipinski definition) is 3. The number of carbonyl (C=O) groups excluding carboxylic acids is 1. The van der Waals surface area contributed by atoms with Crippen molar-refractivity contribution in [3.8, 4) is 0 Å². The van der Waals surface area contributed by atoms with Crippen molar-refractivity contribution in [2.75, 3.05) is 25.1 Å². The number of fused-ring (bicyclic) bond motifs is 2. The van der Waals surface area contributed by atoms with Gasteiger partial charge < -0.3 is 10.3 Å². The zero-order valence-corrected chi connectivity index (χ0v) is 10.7. The van der Waals surface area contributed by atoms with Crippen LogP contribution in [0.2, 0.25) is 0 Å². The molecule has 1 atom stereocenters. The maximum Gasteiger partial charge on any atom is 0.220 e. The molecule has 1 amide bonds. The summed E-state index contributed by atoms with van der Waals surface area (Å²) in [4.78, 5) is 11.4. The summed E-state index contributed by atoms with van der Waals surface area (Å²) in [5.74, 6) is 0.189. The van der Waals surface area contributed by atoms with Crippen LogP contribution in [0, 0.1) is 0 Å². The molecule has 0 saturated carbocycles. The lowest BCUT2D eigenvalue weighted by molar-refractivity contribution is -0.123. The van der Waals surface area contributed by atoms with Gasteiger partial charge in [0, 0.05) is 32.0 Å². The van der Waals surface area contributed by atoms with Gasteiger partial charge in [0.15, 0.2) is 0 Å². The predicted molar refractivity (Wildman–Crippen MR) is 71.4 cm³/mol. The Balaban J connectivity index is 2.01. The molecule has 2 heterocycles. The van der Waals surface area contributed by atoms with Gasteiger partial charge in [0.25, 0.3) is 0 Å². The normalized spacial score (nSPS) is 26.9.